The Morgan fingerprint density at radius 3 is 2.20 bits per heavy atom. The summed E-state index contributed by atoms with van der Waals surface area (Å²) < 4.78 is 5.81. The predicted octanol–water partition coefficient (Wildman–Crippen LogP) is 5.83. The standard InChI is InChI=1S/C29H25N5O/c1-2-35-29-26(20-32)27(24-11-7-4-8-12-24)25(17-21(18-30)19-31)28(33-29)34-15-13-23(14-16-34)22-9-5-3-6-10-22/h3-12,17,23H,2,13-16H2,1H3. The summed E-state index contributed by atoms with van der Waals surface area (Å²) in [5.41, 5.74) is 3.59. The van der Waals surface area contributed by atoms with E-state index >= 15 is 0 Å². The van der Waals surface area contributed by atoms with Crippen molar-refractivity contribution in [2.45, 2.75) is 25.7 Å². The van der Waals surface area contributed by atoms with Crippen molar-refractivity contribution in [2.24, 2.45) is 0 Å². The highest BCUT2D eigenvalue weighted by atomic mass is 16.5. The Morgan fingerprint density at radius 2 is 1.63 bits per heavy atom. The molecule has 0 amide bonds. The van der Waals surface area contributed by atoms with Gasteiger partial charge < -0.3 is 9.64 Å². The Labute approximate surface area is 206 Å². The van der Waals surface area contributed by atoms with Crippen molar-refractivity contribution in [3.8, 4) is 35.2 Å². The molecule has 0 bridgehead atoms. The first-order valence-electron chi connectivity index (χ1n) is 11.7. The second-order valence-corrected chi connectivity index (χ2v) is 8.27. The van der Waals surface area contributed by atoms with E-state index in [0.717, 1.165) is 31.5 Å². The van der Waals surface area contributed by atoms with Gasteiger partial charge in [-0.15, -0.1) is 0 Å². The van der Waals surface area contributed by atoms with Crippen LogP contribution in [0.3, 0.4) is 0 Å². The molecule has 3 aromatic rings. The Hall–Kier alpha value is -4.60. The third kappa shape index (κ3) is 5.01. The summed E-state index contributed by atoms with van der Waals surface area (Å²) in [7, 11) is 0. The SMILES string of the molecule is CCOc1nc(N2CCC(c3ccccc3)CC2)c(C=C(C#N)C#N)c(-c2ccccc2)c1C#N. The van der Waals surface area contributed by atoms with E-state index in [-0.39, 0.29) is 11.5 Å². The van der Waals surface area contributed by atoms with E-state index in [1.807, 2.05) is 55.5 Å². The quantitative estimate of drug-likeness (QED) is 0.430. The zero-order valence-corrected chi connectivity index (χ0v) is 19.6. The van der Waals surface area contributed by atoms with Gasteiger partial charge in [0.2, 0.25) is 5.88 Å². The maximum absolute atomic E-state index is 10.1. The summed E-state index contributed by atoms with van der Waals surface area (Å²) in [5, 5.41) is 29.1. The highest BCUT2D eigenvalue weighted by Crippen LogP contribution is 2.41. The van der Waals surface area contributed by atoms with Crippen molar-refractivity contribution in [2.75, 3.05) is 24.6 Å². The first-order valence-corrected chi connectivity index (χ1v) is 11.7. The van der Waals surface area contributed by atoms with Gasteiger partial charge in [0.1, 0.15) is 35.2 Å². The summed E-state index contributed by atoms with van der Waals surface area (Å²) in [5.74, 6) is 1.35. The van der Waals surface area contributed by atoms with Crippen molar-refractivity contribution in [1.29, 1.82) is 15.8 Å². The van der Waals surface area contributed by atoms with Crippen LogP contribution in [0.15, 0.2) is 66.2 Å². The number of hydrogen-bond acceptors (Lipinski definition) is 6. The lowest BCUT2D eigenvalue weighted by atomic mass is 9.88. The van der Waals surface area contributed by atoms with Crippen molar-refractivity contribution in [3.63, 3.8) is 0 Å². The van der Waals surface area contributed by atoms with Crippen LogP contribution in [0, 0.1) is 34.0 Å². The molecule has 2 heterocycles. The maximum atomic E-state index is 10.1. The number of rotatable bonds is 6. The minimum Gasteiger partial charge on any atom is -0.477 e. The minimum atomic E-state index is -0.0440. The van der Waals surface area contributed by atoms with E-state index in [0.29, 0.717) is 35.0 Å². The molecule has 4 rings (SSSR count). The van der Waals surface area contributed by atoms with Crippen molar-refractivity contribution >= 4 is 11.9 Å². The number of hydrogen-bond donors (Lipinski definition) is 0. The second kappa shape index (κ2) is 11.0. The monoisotopic (exact) mass is 459 g/mol. The number of allylic oxidation sites excluding steroid dienone is 1. The molecule has 0 saturated carbocycles. The first-order chi connectivity index (χ1) is 17.2. The van der Waals surface area contributed by atoms with E-state index in [2.05, 4.69) is 35.2 Å². The van der Waals surface area contributed by atoms with E-state index in [9.17, 15) is 15.8 Å². The summed E-state index contributed by atoms with van der Waals surface area (Å²) >= 11 is 0. The molecule has 0 N–H and O–H groups in total. The zero-order valence-electron chi connectivity index (χ0n) is 19.6. The number of piperidine rings is 1. The average molecular weight is 460 g/mol. The van der Waals surface area contributed by atoms with E-state index in [4.69, 9.17) is 9.72 Å². The van der Waals surface area contributed by atoms with Crippen LogP contribution < -0.4 is 9.64 Å². The first kappa shape index (κ1) is 23.6. The lowest BCUT2D eigenvalue weighted by Crippen LogP contribution is -2.34. The zero-order chi connectivity index (χ0) is 24.6. The van der Waals surface area contributed by atoms with Crippen LogP contribution >= 0.6 is 0 Å². The van der Waals surface area contributed by atoms with Crippen LogP contribution in [0.25, 0.3) is 17.2 Å². The number of nitriles is 3. The molecule has 0 radical (unpaired) electrons. The van der Waals surface area contributed by atoms with E-state index < -0.39 is 0 Å². The third-order valence-corrected chi connectivity index (χ3v) is 6.23. The number of benzene rings is 2. The molecule has 1 fully saturated rings. The van der Waals surface area contributed by atoms with Gasteiger partial charge in [-0.1, -0.05) is 60.7 Å². The lowest BCUT2D eigenvalue weighted by Gasteiger charge is -2.34. The summed E-state index contributed by atoms with van der Waals surface area (Å²) in [6, 6.07) is 26.2. The number of pyridine rings is 1. The van der Waals surface area contributed by atoms with Gasteiger partial charge in [0.15, 0.2) is 0 Å². The van der Waals surface area contributed by atoms with Crippen molar-refractivity contribution in [3.05, 3.63) is 82.9 Å². The number of nitrogens with zero attached hydrogens (tertiary/aromatic N) is 5. The van der Waals surface area contributed by atoms with E-state index in [1.165, 1.54) is 5.56 Å². The van der Waals surface area contributed by atoms with Gasteiger partial charge in [0, 0.05) is 24.2 Å². The number of ether oxygens (including phenoxy) is 1. The number of aromatic nitrogens is 1. The molecule has 1 aromatic heterocycles. The van der Waals surface area contributed by atoms with Gasteiger partial charge in [-0.25, -0.2) is 0 Å². The molecule has 1 aliphatic heterocycles. The van der Waals surface area contributed by atoms with Gasteiger partial charge in [-0.05, 0) is 42.9 Å². The van der Waals surface area contributed by atoms with Crippen LogP contribution in [0.2, 0.25) is 0 Å². The Kier molecular flexibility index (Phi) is 7.41. The van der Waals surface area contributed by atoms with E-state index in [1.54, 1.807) is 6.08 Å². The topological polar surface area (TPSA) is 96.7 Å². The Bertz CT molecular complexity index is 1320. The molecule has 35 heavy (non-hydrogen) atoms. The summed E-state index contributed by atoms with van der Waals surface area (Å²) in [6.07, 6.45) is 3.44. The molecular formula is C29H25N5O. The Morgan fingerprint density at radius 1 is 1.00 bits per heavy atom. The fourth-order valence-electron chi connectivity index (χ4n) is 4.58. The lowest BCUT2D eigenvalue weighted by molar-refractivity contribution is 0.325. The number of anilines is 1. The van der Waals surface area contributed by atoms with Crippen LogP contribution in [0.4, 0.5) is 5.82 Å². The predicted molar refractivity (Wildman–Crippen MR) is 135 cm³/mol. The largest absolute Gasteiger partial charge is 0.477 e. The van der Waals surface area contributed by atoms with Crippen LogP contribution in [0.5, 0.6) is 5.88 Å². The van der Waals surface area contributed by atoms with Gasteiger partial charge >= 0.3 is 0 Å². The molecule has 0 aliphatic carbocycles. The average Bonchev–Trinajstić information content (AvgIpc) is 2.93. The van der Waals surface area contributed by atoms with Crippen molar-refractivity contribution in [1.82, 2.24) is 4.98 Å². The molecule has 1 aliphatic rings. The van der Waals surface area contributed by atoms with Gasteiger partial charge in [-0.3, -0.25) is 0 Å². The maximum Gasteiger partial charge on any atom is 0.234 e. The molecule has 2 aromatic carbocycles. The molecule has 0 unspecified atom stereocenters. The van der Waals surface area contributed by atoms with Gasteiger partial charge in [0.05, 0.1) is 6.61 Å². The molecule has 1 saturated heterocycles. The molecule has 0 atom stereocenters. The van der Waals surface area contributed by atoms with Crippen LogP contribution in [0.1, 0.15) is 42.4 Å². The molecule has 6 heteroatoms. The molecular weight excluding hydrogens is 434 g/mol. The summed E-state index contributed by atoms with van der Waals surface area (Å²) in [4.78, 5) is 6.95. The minimum absolute atomic E-state index is 0.0440. The summed E-state index contributed by atoms with van der Waals surface area (Å²) in [6.45, 7) is 3.73. The van der Waals surface area contributed by atoms with Crippen LogP contribution in [-0.2, 0) is 0 Å². The molecule has 172 valence electrons. The highest BCUT2D eigenvalue weighted by Gasteiger charge is 2.28. The molecule has 0 spiro atoms. The fraction of sp³-hybridized carbons (Fsp3) is 0.241. The smallest absolute Gasteiger partial charge is 0.234 e. The van der Waals surface area contributed by atoms with Gasteiger partial charge in [0.25, 0.3) is 0 Å². The highest BCUT2D eigenvalue weighted by molar-refractivity contribution is 5.89. The fourth-order valence-corrected chi connectivity index (χ4v) is 4.58. The van der Waals surface area contributed by atoms with Gasteiger partial charge in [-0.2, -0.15) is 20.8 Å². The Balaban J connectivity index is 1.87. The normalized spacial score (nSPS) is 13.3. The second-order valence-electron chi connectivity index (χ2n) is 8.27. The van der Waals surface area contributed by atoms with Crippen LogP contribution in [-0.4, -0.2) is 24.7 Å². The third-order valence-electron chi connectivity index (χ3n) is 6.23. The molecule has 6 nitrogen and oxygen atoms in total. The van der Waals surface area contributed by atoms with Crippen molar-refractivity contribution < 1.29 is 4.74 Å².